The third-order valence-corrected chi connectivity index (χ3v) is 4.74. The molecule has 5 nitrogen and oxygen atoms in total. The number of hydrogen-bond donors (Lipinski definition) is 2. The Hall–Kier alpha value is -1.11. The molecule has 112 valence electrons. The molecule has 0 saturated carbocycles. The van der Waals surface area contributed by atoms with Gasteiger partial charge in [0.25, 0.3) is 10.0 Å². The summed E-state index contributed by atoms with van der Waals surface area (Å²) in [4.78, 5) is 2.97. The number of anilines is 1. The molecule has 0 spiro atoms. The van der Waals surface area contributed by atoms with Gasteiger partial charge in [-0.15, -0.1) is 4.83 Å². The van der Waals surface area contributed by atoms with E-state index in [4.69, 9.17) is 0 Å². The Kier molecular flexibility index (Phi) is 5.39. The van der Waals surface area contributed by atoms with E-state index in [0.717, 1.165) is 44.6 Å². The predicted molar refractivity (Wildman–Crippen MR) is 81.0 cm³/mol. The largest absolute Gasteiger partial charge is 0.385 e. The lowest BCUT2D eigenvalue weighted by Gasteiger charge is -2.26. The molecule has 2 N–H and O–H groups in total. The SMILES string of the molecule is CCCNc1ccc(S(=O)(=O)NN2CCCCC2)cc1. The number of hydrogen-bond acceptors (Lipinski definition) is 4. The first kappa shape index (κ1) is 15.3. The third-order valence-electron chi connectivity index (χ3n) is 3.35. The van der Waals surface area contributed by atoms with Crippen LogP contribution < -0.4 is 10.1 Å². The second-order valence-electron chi connectivity index (χ2n) is 5.09. The average molecular weight is 297 g/mol. The van der Waals surface area contributed by atoms with Crippen LogP contribution >= 0.6 is 0 Å². The van der Waals surface area contributed by atoms with Crippen molar-refractivity contribution in [3.63, 3.8) is 0 Å². The first-order valence-corrected chi connectivity index (χ1v) is 8.71. The summed E-state index contributed by atoms with van der Waals surface area (Å²) in [6.45, 7) is 4.55. The summed E-state index contributed by atoms with van der Waals surface area (Å²) in [6, 6.07) is 6.90. The molecular formula is C14H23N3O2S. The molecule has 0 amide bonds. The van der Waals surface area contributed by atoms with E-state index in [0.29, 0.717) is 4.90 Å². The summed E-state index contributed by atoms with van der Waals surface area (Å²) >= 11 is 0. The molecule has 1 aromatic carbocycles. The molecule has 0 bridgehead atoms. The number of nitrogens with zero attached hydrogens (tertiary/aromatic N) is 1. The minimum absolute atomic E-state index is 0.310. The van der Waals surface area contributed by atoms with Crippen molar-refractivity contribution >= 4 is 15.7 Å². The number of piperidine rings is 1. The second-order valence-corrected chi connectivity index (χ2v) is 6.75. The molecule has 0 radical (unpaired) electrons. The molecule has 0 atom stereocenters. The van der Waals surface area contributed by atoms with Crippen molar-refractivity contribution in [2.45, 2.75) is 37.5 Å². The van der Waals surface area contributed by atoms with Crippen molar-refractivity contribution in [1.82, 2.24) is 9.84 Å². The summed E-state index contributed by atoms with van der Waals surface area (Å²) in [6.07, 6.45) is 4.30. The minimum atomic E-state index is -3.45. The van der Waals surface area contributed by atoms with E-state index in [1.807, 2.05) is 0 Å². The fraction of sp³-hybridized carbons (Fsp3) is 0.571. The summed E-state index contributed by atoms with van der Waals surface area (Å²) in [5.74, 6) is 0. The van der Waals surface area contributed by atoms with Crippen LogP contribution in [-0.2, 0) is 10.0 Å². The molecule has 1 heterocycles. The van der Waals surface area contributed by atoms with E-state index >= 15 is 0 Å². The van der Waals surface area contributed by atoms with E-state index in [9.17, 15) is 8.42 Å². The van der Waals surface area contributed by atoms with Crippen LogP contribution in [0.15, 0.2) is 29.2 Å². The van der Waals surface area contributed by atoms with Gasteiger partial charge < -0.3 is 5.32 Å². The molecule has 1 fully saturated rings. The van der Waals surface area contributed by atoms with Crippen LogP contribution in [0.5, 0.6) is 0 Å². The zero-order chi connectivity index (χ0) is 14.4. The number of benzene rings is 1. The summed E-state index contributed by atoms with van der Waals surface area (Å²) in [5.41, 5.74) is 0.948. The maximum absolute atomic E-state index is 12.3. The van der Waals surface area contributed by atoms with Crippen LogP contribution in [0.2, 0.25) is 0 Å². The van der Waals surface area contributed by atoms with Gasteiger partial charge in [-0.3, -0.25) is 0 Å². The van der Waals surface area contributed by atoms with Crippen LogP contribution in [0, 0.1) is 0 Å². The zero-order valence-electron chi connectivity index (χ0n) is 11.9. The molecule has 0 unspecified atom stereocenters. The zero-order valence-corrected chi connectivity index (χ0v) is 12.7. The van der Waals surface area contributed by atoms with Crippen molar-refractivity contribution in [2.75, 3.05) is 25.0 Å². The molecule has 0 aliphatic carbocycles. The van der Waals surface area contributed by atoms with E-state index in [2.05, 4.69) is 17.1 Å². The van der Waals surface area contributed by atoms with Crippen molar-refractivity contribution in [3.05, 3.63) is 24.3 Å². The number of rotatable bonds is 6. The Morgan fingerprint density at radius 1 is 1.10 bits per heavy atom. The standard InChI is InChI=1S/C14H23N3O2S/c1-2-10-15-13-6-8-14(9-7-13)20(18,19)16-17-11-4-3-5-12-17/h6-9,15-16H,2-5,10-12H2,1H3. The minimum Gasteiger partial charge on any atom is -0.385 e. The predicted octanol–water partition coefficient (Wildman–Crippen LogP) is 2.19. The van der Waals surface area contributed by atoms with Crippen LogP contribution in [0.25, 0.3) is 0 Å². The van der Waals surface area contributed by atoms with Gasteiger partial charge in [-0.25, -0.2) is 13.4 Å². The van der Waals surface area contributed by atoms with Crippen LogP contribution in [0.1, 0.15) is 32.6 Å². The lowest BCUT2D eigenvalue weighted by Crippen LogP contribution is -2.44. The molecule has 20 heavy (non-hydrogen) atoms. The molecule has 2 rings (SSSR count). The van der Waals surface area contributed by atoms with Crippen LogP contribution in [0.4, 0.5) is 5.69 Å². The normalized spacial score (nSPS) is 17.1. The Balaban J connectivity index is 2.01. The molecule has 1 aliphatic heterocycles. The van der Waals surface area contributed by atoms with E-state index in [1.54, 1.807) is 29.3 Å². The second kappa shape index (κ2) is 7.06. The van der Waals surface area contributed by atoms with Crippen molar-refractivity contribution < 1.29 is 8.42 Å². The maximum atomic E-state index is 12.3. The molecule has 0 aromatic heterocycles. The third kappa shape index (κ3) is 4.19. The smallest absolute Gasteiger partial charge is 0.253 e. The van der Waals surface area contributed by atoms with Gasteiger partial charge in [-0.2, -0.15) is 0 Å². The molecule has 1 aliphatic rings. The molecule has 1 aromatic rings. The van der Waals surface area contributed by atoms with Crippen molar-refractivity contribution in [1.29, 1.82) is 0 Å². The van der Waals surface area contributed by atoms with Gasteiger partial charge in [0.2, 0.25) is 0 Å². The van der Waals surface area contributed by atoms with Gasteiger partial charge in [0.05, 0.1) is 4.90 Å². The monoisotopic (exact) mass is 297 g/mol. The Bertz CT molecular complexity index is 508. The maximum Gasteiger partial charge on any atom is 0.253 e. The van der Waals surface area contributed by atoms with Crippen LogP contribution in [-0.4, -0.2) is 33.1 Å². The fourth-order valence-electron chi connectivity index (χ4n) is 2.23. The van der Waals surface area contributed by atoms with E-state index in [1.165, 1.54) is 6.42 Å². The number of nitrogens with one attached hydrogen (secondary N) is 2. The van der Waals surface area contributed by atoms with E-state index in [-0.39, 0.29) is 0 Å². The van der Waals surface area contributed by atoms with Gasteiger partial charge in [-0.1, -0.05) is 13.3 Å². The summed E-state index contributed by atoms with van der Waals surface area (Å²) < 4.78 is 24.5. The lowest BCUT2D eigenvalue weighted by atomic mass is 10.2. The van der Waals surface area contributed by atoms with E-state index < -0.39 is 10.0 Å². The Labute approximate surface area is 121 Å². The summed E-state index contributed by atoms with van der Waals surface area (Å²) in [5, 5.41) is 5.02. The highest BCUT2D eigenvalue weighted by molar-refractivity contribution is 7.89. The van der Waals surface area contributed by atoms with Crippen molar-refractivity contribution in [2.24, 2.45) is 0 Å². The average Bonchev–Trinajstić information content (AvgIpc) is 2.46. The first-order valence-electron chi connectivity index (χ1n) is 7.23. The molecule has 1 saturated heterocycles. The molecule has 6 heteroatoms. The number of sulfonamides is 1. The molecular weight excluding hydrogens is 274 g/mol. The lowest BCUT2D eigenvalue weighted by molar-refractivity contribution is 0.200. The topological polar surface area (TPSA) is 61.4 Å². The highest BCUT2D eigenvalue weighted by atomic mass is 32.2. The van der Waals surface area contributed by atoms with Gasteiger partial charge in [-0.05, 0) is 43.5 Å². The quantitative estimate of drug-likeness (QED) is 0.845. The highest BCUT2D eigenvalue weighted by Gasteiger charge is 2.19. The number of hydrazine groups is 1. The first-order chi connectivity index (χ1) is 9.62. The highest BCUT2D eigenvalue weighted by Crippen LogP contribution is 2.15. The van der Waals surface area contributed by atoms with Crippen LogP contribution in [0.3, 0.4) is 0 Å². The van der Waals surface area contributed by atoms with Gasteiger partial charge in [0.15, 0.2) is 0 Å². The van der Waals surface area contributed by atoms with Gasteiger partial charge >= 0.3 is 0 Å². The van der Waals surface area contributed by atoms with Gasteiger partial charge in [0.1, 0.15) is 0 Å². The van der Waals surface area contributed by atoms with Gasteiger partial charge in [0, 0.05) is 25.3 Å². The Morgan fingerprint density at radius 3 is 2.35 bits per heavy atom. The fourth-order valence-corrected chi connectivity index (χ4v) is 3.35. The Morgan fingerprint density at radius 2 is 1.75 bits per heavy atom. The van der Waals surface area contributed by atoms with Crippen molar-refractivity contribution in [3.8, 4) is 0 Å². The summed E-state index contributed by atoms with van der Waals surface area (Å²) in [7, 11) is -3.45.